The highest BCUT2D eigenvalue weighted by molar-refractivity contribution is 7.09. The molecule has 0 aliphatic rings. The van der Waals surface area contributed by atoms with Crippen molar-refractivity contribution in [3.63, 3.8) is 0 Å². The van der Waals surface area contributed by atoms with Crippen molar-refractivity contribution in [1.29, 1.82) is 0 Å². The lowest BCUT2D eigenvalue weighted by Gasteiger charge is -2.30. The van der Waals surface area contributed by atoms with Gasteiger partial charge in [0, 0.05) is 11.9 Å². The van der Waals surface area contributed by atoms with Gasteiger partial charge in [0.15, 0.2) is 0 Å². The summed E-state index contributed by atoms with van der Waals surface area (Å²) in [6, 6.07) is 7.58. The molecule has 1 amide bonds. The van der Waals surface area contributed by atoms with Crippen LogP contribution in [0.2, 0.25) is 0 Å². The van der Waals surface area contributed by atoms with Crippen LogP contribution in [0.1, 0.15) is 37.0 Å². The molecular weight excluding hydrogens is 389 g/mol. The molecular formula is C20H25F3N2O2S. The monoisotopic (exact) mass is 414 g/mol. The number of alkyl halides is 3. The molecule has 0 bridgehead atoms. The van der Waals surface area contributed by atoms with E-state index in [0.717, 1.165) is 10.5 Å². The van der Waals surface area contributed by atoms with E-state index in [1.165, 1.54) is 11.3 Å². The van der Waals surface area contributed by atoms with E-state index in [1.54, 1.807) is 26.2 Å². The van der Waals surface area contributed by atoms with Gasteiger partial charge in [0.2, 0.25) is 5.91 Å². The van der Waals surface area contributed by atoms with E-state index in [-0.39, 0.29) is 19.6 Å². The van der Waals surface area contributed by atoms with Crippen LogP contribution in [-0.4, -0.2) is 35.1 Å². The number of carbonyl (C=O) groups excluding carboxylic acids is 1. The van der Waals surface area contributed by atoms with Gasteiger partial charge in [0.05, 0.1) is 12.1 Å². The first-order chi connectivity index (χ1) is 12.9. The van der Waals surface area contributed by atoms with E-state index >= 15 is 0 Å². The standard InChI is InChI=1S/C20H25F3N2O2S/c1-14-5-7-16(8-6-14)27-10-17-24-15(11-28-17)9-18(26)25(12-19(2,3)4)13-20(21,22)23/h5-8,11H,9-10,12-13H2,1-4H3. The van der Waals surface area contributed by atoms with Gasteiger partial charge < -0.3 is 9.64 Å². The van der Waals surface area contributed by atoms with Crippen LogP contribution < -0.4 is 4.74 Å². The quantitative estimate of drug-likeness (QED) is 0.640. The van der Waals surface area contributed by atoms with E-state index in [4.69, 9.17) is 4.74 Å². The zero-order valence-electron chi connectivity index (χ0n) is 16.5. The van der Waals surface area contributed by atoms with Gasteiger partial charge in [0.25, 0.3) is 0 Å². The summed E-state index contributed by atoms with van der Waals surface area (Å²) >= 11 is 1.32. The summed E-state index contributed by atoms with van der Waals surface area (Å²) in [6.07, 6.45) is -4.59. The molecule has 0 unspecified atom stereocenters. The first-order valence-corrected chi connectivity index (χ1v) is 9.76. The Labute approximate surface area is 167 Å². The fourth-order valence-electron chi connectivity index (χ4n) is 2.56. The molecule has 2 aromatic rings. The Morgan fingerprint density at radius 2 is 1.79 bits per heavy atom. The minimum absolute atomic E-state index is 0.0267. The Kier molecular flexibility index (Phi) is 7.09. The molecule has 0 saturated carbocycles. The predicted molar refractivity (Wildman–Crippen MR) is 103 cm³/mol. The Bertz CT molecular complexity index is 764. The molecule has 8 heteroatoms. The maximum atomic E-state index is 12.8. The molecule has 0 N–H and O–H groups in total. The Hall–Kier alpha value is -2.09. The number of halogens is 3. The SMILES string of the molecule is Cc1ccc(OCc2nc(CC(=O)N(CC(C)(C)C)CC(F)(F)F)cs2)cc1. The largest absolute Gasteiger partial charge is 0.486 e. The van der Waals surface area contributed by atoms with Gasteiger partial charge in [-0.3, -0.25) is 4.79 Å². The summed E-state index contributed by atoms with van der Waals surface area (Å²) < 4.78 is 44.2. The number of aromatic nitrogens is 1. The second kappa shape index (κ2) is 8.94. The molecule has 0 aliphatic carbocycles. The first-order valence-electron chi connectivity index (χ1n) is 8.88. The van der Waals surface area contributed by atoms with Crippen molar-refractivity contribution in [2.45, 2.75) is 46.9 Å². The van der Waals surface area contributed by atoms with E-state index in [1.807, 2.05) is 31.2 Å². The van der Waals surface area contributed by atoms with Gasteiger partial charge in [-0.1, -0.05) is 38.5 Å². The highest BCUT2D eigenvalue weighted by Crippen LogP contribution is 2.23. The normalized spacial score (nSPS) is 12.1. The zero-order valence-corrected chi connectivity index (χ0v) is 17.3. The topological polar surface area (TPSA) is 42.4 Å². The number of hydrogen-bond acceptors (Lipinski definition) is 4. The second-order valence-electron chi connectivity index (χ2n) is 7.94. The molecule has 4 nitrogen and oxygen atoms in total. The minimum Gasteiger partial charge on any atom is -0.486 e. The van der Waals surface area contributed by atoms with Crippen molar-refractivity contribution in [3.05, 3.63) is 45.9 Å². The van der Waals surface area contributed by atoms with E-state index < -0.39 is 24.0 Å². The molecule has 0 aliphatic heterocycles. The van der Waals surface area contributed by atoms with E-state index in [0.29, 0.717) is 16.5 Å². The molecule has 0 atom stereocenters. The van der Waals surface area contributed by atoms with Crippen LogP contribution in [0, 0.1) is 12.3 Å². The first kappa shape index (κ1) is 22.2. The number of aryl methyl sites for hydroxylation is 1. The van der Waals surface area contributed by atoms with Gasteiger partial charge in [-0.15, -0.1) is 11.3 Å². The molecule has 0 spiro atoms. The lowest BCUT2D eigenvalue weighted by atomic mass is 9.96. The van der Waals surface area contributed by atoms with Crippen molar-refractivity contribution in [1.82, 2.24) is 9.88 Å². The molecule has 1 aromatic heterocycles. The lowest BCUT2D eigenvalue weighted by molar-refractivity contribution is -0.163. The fraction of sp³-hybridized carbons (Fsp3) is 0.500. The summed E-state index contributed by atoms with van der Waals surface area (Å²) in [5.41, 5.74) is 1.15. The third kappa shape index (κ3) is 7.88. The van der Waals surface area contributed by atoms with Gasteiger partial charge in [-0.2, -0.15) is 13.2 Å². The zero-order chi connectivity index (χ0) is 20.9. The molecule has 1 heterocycles. The summed E-state index contributed by atoms with van der Waals surface area (Å²) in [5.74, 6) is 0.128. The van der Waals surface area contributed by atoms with Crippen molar-refractivity contribution in [3.8, 4) is 5.75 Å². The van der Waals surface area contributed by atoms with Crippen molar-refractivity contribution in [2.75, 3.05) is 13.1 Å². The van der Waals surface area contributed by atoms with Crippen LogP contribution in [0.4, 0.5) is 13.2 Å². The summed E-state index contributed by atoms with van der Waals surface area (Å²) in [7, 11) is 0. The molecule has 2 rings (SSSR count). The van der Waals surface area contributed by atoms with E-state index in [9.17, 15) is 18.0 Å². The number of ether oxygens (including phenoxy) is 1. The Balaban J connectivity index is 1.97. The van der Waals surface area contributed by atoms with Gasteiger partial charge >= 0.3 is 6.18 Å². The van der Waals surface area contributed by atoms with Crippen LogP contribution in [0.3, 0.4) is 0 Å². The molecule has 0 saturated heterocycles. The van der Waals surface area contributed by atoms with Gasteiger partial charge in [-0.25, -0.2) is 4.98 Å². The van der Waals surface area contributed by atoms with Crippen LogP contribution in [0.25, 0.3) is 0 Å². The molecule has 0 radical (unpaired) electrons. The predicted octanol–water partition coefficient (Wildman–Crippen LogP) is 5.01. The number of rotatable bonds is 7. The average Bonchev–Trinajstić information content (AvgIpc) is 2.98. The highest BCUT2D eigenvalue weighted by Gasteiger charge is 2.34. The summed E-state index contributed by atoms with van der Waals surface area (Å²) in [5, 5.41) is 2.36. The number of hydrogen-bond donors (Lipinski definition) is 0. The molecule has 0 fully saturated rings. The Morgan fingerprint density at radius 3 is 2.36 bits per heavy atom. The smallest absolute Gasteiger partial charge is 0.406 e. The summed E-state index contributed by atoms with van der Waals surface area (Å²) in [4.78, 5) is 17.6. The maximum absolute atomic E-state index is 12.8. The van der Waals surface area contributed by atoms with Gasteiger partial charge in [-0.05, 0) is 24.5 Å². The maximum Gasteiger partial charge on any atom is 0.406 e. The number of carbonyl (C=O) groups is 1. The van der Waals surface area contributed by atoms with Gasteiger partial charge in [0.1, 0.15) is 23.9 Å². The molecule has 154 valence electrons. The fourth-order valence-corrected chi connectivity index (χ4v) is 3.27. The third-order valence-electron chi connectivity index (χ3n) is 3.70. The average molecular weight is 414 g/mol. The molecule has 28 heavy (non-hydrogen) atoms. The van der Waals surface area contributed by atoms with Crippen LogP contribution >= 0.6 is 11.3 Å². The van der Waals surface area contributed by atoms with Crippen LogP contribution in [0.15, 0.2) is 29.6 Å². The number of amides is 1. The van der Waals surface area contributed by atoms with Crippen LogP contribution in [-0.2, 0) is 17.8 Å². The Morgan fingerprint density at radius 1 is 1.14 bits per heavy atom. The van der Waals surface area contributed by atoms with Crippen molar-refractivity contribution >= 4 is 17.2 Å². The molecule has 1 aromatic carbocycles. The highest BCUT2D eigenvalue weighted by atomic mass is 32.1. The van der Waals surface area contributed by atoms with Crippen molar-refractivity contribution in [2.24, 2.45) is 5.41 Å². The number of thiazole rings is 1. The third-order valence-corrected chi connectivity index (χ3v) is 4.57. The van der Waals surface area contributed by atoms with Crippen molar-refractivity contribution < 1.29 is 22.7 Å². The lowest BCUT2D eigenvalue weighted by Crippen LogP contribution is -2.44. The number of benzene rings is 1. The van der Waals surface area contributed by atoms with E-state index in [2.05, 4.69) is 4.98 Å². The minimum atomic E-state index is -4.43. The van der Waals surface area contributed by atoms with Crippen LogP contribution in [0.5, 0.6) is 5.75 Å². The summed E-state index contributed by atoms with van der Waals surface area (Å²) in [6.45, 7) is 6.40. The second-order valence-corrected chi connectivity index (χ2v) is 8.88. The number of nitrogens with zero attached hydrogens (tertiary/aromatic N) is 2.